The Balaban J connectivity index is 1.27. The third-order valence-corrected chi connectivity index (χ3v) is 9.58. The topological polar surface area (TPSA) is 52.6 Å². The van der Waals surface area contributed by atoms with Crippen molar-refractivity contribution in [3.8, 4) is 0 Å². The highest BCUT2D eigenvalue weighted by Gasteiger charge is 2.69. The molecule has 142 valence electrons. The molecule has 11 unspecified atom stereocenters. The lowest BCUT2D eigenvalue weighted by molar-refractivity contribution is -0.170. The summed E-state index contributed by atoms with van der Waals surface area (Å²) in [5.41, 5.74) is 0. The number of rotatable bonds is 3. The molecule has 0 aromatic heterocycles. The molecule has 0 N–H and O–H groups in total. The van der Waals surface area contributed by atoms with Crippen molar-refractivity contribution in [3.05, 3.63) is 0 Å². The van der Waals surface area contributed by atoms with E-state index in [9.17, 15) is 9.59 Å². The van der Waals surface area contributed by atoms with Crippen LogP contribution in [0.5, 0.6) is 0 Å². The summed E-state index contributed by atoms with van der Waals surface area (Å²) in [6.45, 7) is 0. The summed E-state index contributed by atoms with van der Waals surface area (Å²) < 4.78 is 11.3. The van der Waals surface area contributed by atoms with Gasteiger partial charge in [0.25, 0.3) is 0 Å². The third kappa shape index (κ3) is 1.97. The number of carbonyl (C=O) groups is 2. The minimum atomic E-state index is -0.239. The molecular weight excluding hydrogens is 328 g/mol. The zero-order chi connectivity index (χ0) is 17.6. The van der Waals surface area contributed by atoms with E-state index in [4.69, 9.17) is 9.47 Å². The molecule has 11 atom stereocenters. The van der Waals surface area contributed by atoms with Crippen molar-refractivity contribution >= 4 is 11.9 Å². The fraction of sp³-hybridized carbons (Fsp3) is 0.909. The Labute approximate surface area is 155 Å². The minimum absolute atomic E-state index is 0.0633. The maximum atomic E-state index is 13.3. The van der Waals surface area contributed by atoms with E-state index in [0.717, 1.165) is 30.6 Å². The van der Waals surface area contributed by atoms with Gasteiger partial charge in [-0.2, -0.15) is 0 Å². The fourth-order valence-corrected chi connectivity index (χ4v) is 8.92. The zero-order valence-corrected chi connectivity index (χ0v) is 15.6. The van der Waals surface area contributed by atoms with Crippen LogP contribution in [0.3, 0.4) is 0 Å². The zero-order valence-electron chi connectivity index (χ0n) is 15.6. The Hall–Kier alpha value is -1.06. The van der Waals surface area contributed by atoms with Crippen molar-refractivity contribution in [2.45, 2.75) is 57.5 Å². The van der Waals surface area contributed by atoms with Crippen LogP contribution in [-0.2, 0) is 19.1 Å². The molecule has 6 fully saturated rings. The number of fused-ring (bicyclic) bond motifs is 11. The highest BCUT2D eigenvalue weighted by molar-refractivity contribution is 5.84. The molecule has 0 aliphatic heterocycles. The second-order valence-corrected chi connectivity index (χ2v) is 10.3. The lowest BCUT2D eigenvalue weighted by atomic mass is 9.63. The van der Waals surface area contributed by atoms with Crippen molar-refractivity contribution in [3.63, 3.8) is 0 Å². The van der Waals surface area contributed by atoms with Crippen LogP contribution in [0.4, 0.5) is 0 Å². The Kier molecular flexibility index (Phi) is 3.36. The third-order valence-electron chi connectivity index (χ3n) is 9.58. The summed E-state index contributed by atoms with van der Waals surface area (Å²) in [6.07, 6.45) is 10.0. The molecule has 0 spiro atoms. The van der Waals surface area contributed by atoms with Gasteiger partial charge in [0, 0.05) is 0 Å². The highest BCUT2D eigenvalue weighted by atomic mass is 16.5. The molecule has 6 saturated carbocycles. The van der Waals surface area contributed by atoms with Gasteiger partial charge in [-0.1, -0.05) is 0 Å². The highest BCUT2D eigenvalue weighted by Crippen LogP contribution is 2.70. The Morgan fingerprint density at radius 2 is 1.38 bits per heavy atom. The van der Waals surface area contributed by atoms with E-state index in [1.807, 2.05) is 0 Å². The van der Waals surface area contributed by atoms with Crippen LogP contribution >= 0.6 is 0 Å². The van der Waals surface area contributed by atoms with Crippen molar-refractivity contribution < 1.29 is 19.1 Å². The maximum Gasteiger partial charge on any atom is 0.310 e. The van der Waals surface area contributed by atoms with Crippen LogP contribution in [-0.4, -0.2) is 25.2 Å². The van der Waals surface area contributed by atoms with Gasteiger partial charge in [-0.05, 0) is 98.7 Å². The first-order valence-electron chi connectivity index (χ1n) is 10.9. The summed E-state index contributed by atoms with van der Waals surface area (Å²) in [4.78, 5) is 25.9. The van der Waals surface area contributed by atoms with Gasteiger partial charge < -0.3 is 9.47 Å². The van der Waals surface area contributed by atoms with E-state index in [2.05, 4.69) is 0 Å². The van der Waals surface area contributed by atoms with Gasteiger partial charge in [0.2, 0.25) is 0 Å². The smallest absolute Gasteiger partial charge is 0.310 e. The molecule has 0 aromatic rings. The minimum Gasteiger partial charge on any atom is -0.469 e. The van der Waals surface area contributed by atoms with Crippen LogP contribution in [0.1, 0.15) is 51.4 Å². The summed E-state index contributed by atoms with van der Waals surface area (Å²) in [6, 6.07) is 0. The van der Waals surface area contributed by atoms with Gasteiger partial charge in [0.1, 0.15) is 6.10 Å². The first-order chi connectivity index (χ1) is 12.7. The standard InChI is InChI=1S/C22H30O4/c1-25-21(23)19-14-9-15(18-13-5-4-12(8-13)17(14)18)20(19)22(24)26-16-7-10-2-3-11(16)6-10/h10-20H,2-9H2,1H3. The fourth-order valence-electron chi connectivity index (χ4n) is 8.92. The Bertz CT molecular complexity index is 644. The summed E-state index contributed by atoms with van der Waals surface area (Å²) in [5, 5.41) is 0. The molecule has 0 aromatic carbocycles. The first kappa shape index (κ1) is 15.9. The van der Waals surface area contributed by atoms with Crippen molar-refractivity contribution in [1.29, 1.82) is 0 Å². The molecule has 0 saturated heterocycles. The van der Waals surface area contributed by atoms with Crippen LogP contribution in [0.15, 0.2) is 0 Å². The van der Waals surface area contributed by atoms with E-state index in [1.165, 1.54) is 45.6 Å². The molecule has 6 aliphatic carbocycles. The van der Waals surface area contributed by atoms with Crippen molar-refractivity contribution in [1.82, 2.24) is 0 Å². The monoisotopic (exact) mass is 358 g/mol. The number of ether oxygens (including phenoxy) is 2. The lowest BCUT2D eigenvalue weighted by Gasteiger charge is -2.41. The summed E-state index contributed by atoms with van der Waals surface area (Å²) >= 11 is 0. The molecule has 0 heterocycles. The van der Waals surface area contributed by atoms with E-state index in [1.54, 1.807) is 0 Å². The second-order valence-electron chi connectivity index (χ2n) is 10.3. The van der Waals surface area contributed by atoms with Gasteiger partial charge in [0.05, 0.1) is 18.9 Å². The molecule has 0 amide bonds. The molecule has 4 heteroatoms. The van der Waals surface area contributed by atoms with Crippen LogP contribution in [0, 0.1) is 59.2 Å². The quantitative estimate of drug-likeness (QED) is 0.573. The average Bonchev–Trinajstić information content (AvgIpc) is 3.46. The van der Waals surface area contributed by atoms with Crippen molar-refractivity contribution in [2.75, 3.05) is 7.11 Å². The predicted octanol–water partition coefficient (Wildman–Crippen LogP) is 3.44. The van der Waals surface area contributed by atoms with Gasteiger partial charge in [-0.15, -0.1) is 0 Å². The van der Waals surface area contributed by atoms with Gasteiger partial charge >= 0.3 is 11.9 Å². The van der Waals surface area contributed by atoms with Crippen molar-refractivity contribution in [2.24, 2.45) is 59.2 Å². The summed E-state index contributed by atoms with van der Waals surface area (Å²) in [5.74, 6) is 4.35. The molecule has 0 radical (unpaired) electrons. The molecule has 26 heavy (non-hydrogen) atoms. The molecule has 6 aliphatic rings. The Morgan fingerprint density at radius 1 is 0.731 bits per heavy atom. The van der Waals surface area contributed by atoms with Gasteiger partial charge in [0.15, 0.2) is 0 Å². The van der Waals surface area contributed by atoms with Crippen LogP contribution < -0.4 is 0 Å². The average molecular weight is 358 g/mol. The largest absolute Gasteiger partial charge is 0.469 e. The number of hydrogen-bond acceptors (Lipinski definition) is 4. The normalized spacial score (nSPS) is 55.3. The number of carbonyl (C=O) groups excluding carboxylic acids is 2. The number of methoxy groups -OCH3 is 1. The Morgan fingerprint density at radius 3 is 1.96 bits per heavy atom. The van der Waals surface area contributed by atoms with E-state index < -0.39 is 0 Å². The molecule has 6 rings (SSSR count). The second kappa shape index (κ2) is 5.48. The van der Waals surface area contributed by atoms with E-state index in [0.29, 0.717) is 29.6 Å². The SMILES string of the molecule is COC(=O)C1C2CC(C1C(=O)OC1CC3CCC1C3)C1C3CCC(C3)C21. The van der Waals surface area contributed by atoms with Gasteiger partial charge in [-0.3, -0.25) is 9.59 Å². The number of hydrogen-bond donors (Lipinski definition) is 0. The number of esters is 2. The predicted molar refractivity (Wildman–Crippen MR) is 93.7 cm³/mol. The molecule has 4 nitrogen and oxygen atoms in total. The first-order valence-corrected chi connectivity index (χ1v) is 10.9. The van der Waals surface area contributed by atoms with E-state index in [-0.39, 0.29) is 29.9 Å². The molecule has 6 bridgehead atoms. The molecular formula is C22H30O4. The van der Waals surface area contributed by atoms with E-state index >= 15 is 0 Å². The summed E-state index contributed by atoms with van der Waals surface area (Å²) in [7, 11) is 1.48. The maximum absolute atomic E-state index is 13.3. The van der Waals surface area contributed by atoms with Crippen LogP contribution in [0.2, 0.25) is 0 Å². The van der Waals surface area contributed by atoms with Crippen LogP contribution in [0.25, 0.3) is 0 Å². The lowest BCUT2D eigenvalue weighted by Crippen LogP contribution is -2.46. The van der Waals surface area contributed by atoms with Gasteiger partial charge in [-0.25, -0.2) is 0 Å².